The molecule has 0 saturated heterocycles. The Bertz CT molecular complexity index is 1120. The maximum atomic E-state index is 13.2. The van der Waals surface area contributed by atoms with Crippen LogP contribution in [0.3, 0.4) is 0 Å². The number of rotatable bonds is 7. The molecule has 0 aromatic heterocycles. The lowest BCUT2D eigenvalue weighted by Crippen LogP contribution is -2.60. The van der Waals surface area contributed by atoms with Crippen LogP contribution in [0.5, 0.6) is 5.75 Å². The Labute approximate surface area is 196 Å². The summed E-state index contributed by atoms with van der Waals surface area (Å²) in [6.07, 6.45) is 0.417. The fraction of sp³-hybridized carbons (Fsp3) is 0.238. The second-order valence-electron chi connectivity index (χ2n) is 6.90. The number of methoxy groups -OCH3 is 1. The summed E-state index contributed by atoms with van der Waals surface area (Å²) < 4.78 is 37.4. The third-order valence-corrected chi connectivity index (χ3v) is 6.81. The van der Waals surface area contributed by atoms with Gasteiger partial charge in [0.2, 0.25) is 10.0 Å². The third-order valence-electron chi connectivity index (χ3n) is 4.73. The SMILES string of the molecule is COc1ccc(S(=O)(=O)N2CC=CCN(NC(=O)OCc3ccc(Cl)cc3)C2C(=O)O)cc1. The van der Waals surface area contributed by atoms with Crippen molar-refractivity contribution in [1.29, 1.82) is 0 Å². The summed E-state index contributed by atoms with van der Waals surface area (Å²) in [5.74, 6) is -1.01. The van der Waals surface area contributed by atoms with Crippen molar-refractivity contribution in [3.8, 4) is 5.75 Å². The smallest absolute Gasteiger partial charge is 0.422 e. The first-order chi connectivity index (χ1) is 15.7. The van der Waals surface area contributed by atoms with Crippen LogP contribution < -0.4 is 10.2 Å². The molecule has 2 N–H and O–H groups in total. The van der Waals surface area contributed by atoms with Gasteiger partial charge in [-0.1, -0.05) is 35.9 Å². The average molecular weight is 496 g/mol. The number of aliphatic carboxylic acids is 1. The fourth-order valence-electron chi connectivity index (χ4n) is 3.08. The second-order valence-corrected chi connectivity index (χ2v) is 9.23. The summed E-state index contributed by atoms with van der Waals surface area (Å²) in [6.45, 7) is -0.344. The highest BCUT2D eigenvalue weighted by Crippen LogP contribution is 2.23. The Kier molecular flexibility index (Phi) is 7.92. The van der Waals surface area contributed by atoms with Gasteiger partial charge in [0.1, 0.15) is 12.4 Å². The van der Waals surface area contributed by atoms with E-state index in [9.17, 15) is 23.1 Å². The minimum atomic E-state index is -4.23. The summed E-state index contributed by atoms with van der Waals surface area (Å²) >= 11 is 5.83. The van der Waals surface area contributed by atoms with Crippen molar-refractivity contribution in [2.24, 2.45) is 0 Å². The molecule has 12 heteroatoms. The van der Waals surface area contributed by atoms with Crippen molar-refractivity contribution in [2.75, 3.05) is 20.2 Å². The van der Waals surface area contributed by atoms with Gasteiger partial charge in [-0.05, 0) is 42.0 Å². The number of carboxylic acids is 1. The lowest BCUT2D eigenvalue weighted by atomic mass is 10.2. The largest absolute Gasteiger partial charge is 0.497 e. The molecule has 2 aromatic carbocycles. The Morgan fingerprint density at radius 1 is 1.09 bits per heavy atom. The second kappa shape index (κ2) is 10.7. The molecule has 0 bridgehead atoms. The van der Waals surface area contributed by atoms with E-state index in [2.05, 4.69) is 5.43 Å². The number of benzene rings is 2. The van der Waals surface area contributed by atoms with Crippen LogP contribution in [0.2, 0.25) is 5.02 Å². The van der Waals surface area contributed by atoms with Crippen molar-refractivity contribution in [3.63, 3.8) is 0 Å². The van der Waals surface area contributed by atoms with Crippen LogP contribution in [0.4, 0.5) is 4.79 Å². The first-order valence-electron chi connectivity index (χ1n) is 9.70. The van der Waals surface area contributed by atoms with E-state index < -0.39 is 28.3 Å². The van der Waals surface area contributed by atoms with E-state index in [0.717, 1.165) is 9.31 Å². The minimum Gasteiger partial charge on any atom is -0.497 e. The zero-order valence-corrected chi connectivity index (χ0v) is 19.1. The molecule has 1 aliphatic rings. The maximum absolute atomic E-state index is 13.2. The predicted octanol–water partition coefficient (Wildman–Crippen LogP) is 2.46. The van der Waals surface area contributed by atoms with E-state index in [4.69, 9.17) is 21.1 Å². The Balaban J connectivity index is 1.78. The molecule has 33 heavy (non-hydrogen) atoms. The Hall–Kier alpha value is -3.12. The number of carbonyl (C=O) groups excluding carboxylic acids is 1. The lowest BCUT2D eigenvalue weighted by Gasteiger charge is -2.33. The van der Waals surface area contributed by atoms with Crippen LogP contribution in [-0.4, -0.2) is 61.3 Å². The van der Waals surface area contributed by atoms with Crippen LogP contribution in [0, 0.1) is 0 Å². The average Bonchev–Trinajstić information content (AvgIpc) is 3.01. The molecule has 1 atom stereocenters. The number of carboxylic acid groups (broad SMARTS) is 1. The molecule has 0 saturated carbocycles. The van der Waals surface area contributed by atoms with Crippen LogP contribution >= 0.6 is 11.6 Å². The number of halogens is 1. The van der Waals surface area contributed by atoms with E-state index in [-0.39, 0.29) is 24.6 Å². The van der Waals surface area contributed by atoms with Crippen LogP contribution in [0.15, 0.2) is 65.6 Å². The van der Waals surface area contributed by atoms with Gasteiger partial charge in [-0.25, -0.2) is 18.0 Å². The van der Waals surface area contributed by atoms with Gasteiger partial charge >= 0.3 is 12.1 Å². The number of nitrogens with one attached hydrogen (secondary N) is 1. The first kappa shape index (κ1) is 24.5. The number of ether oxygens (including phenoxy) is 2. The molecule has 0 aliphatic carbocycles. The first-order valence-corrected chi connectivity index (χ1v) is 11.5. The molecule has 2 aromatic rings. The van der Waals surface area contributed by atoms with Gasteiger partial charge in [-0.2, -0.15) is 9.31 Å². The predicted molar refractivity (Wildman–Crippen MR) is 119 cm³/mol. The van der Waals surface area contributed by atoms with Crippen molar-refractivity contribution in [2.45, 2.75) is 17.7 Å². The molecular weight excluding hydrogens is 474 g/mol. The Morgan fingerprint density at radius 3 is 2.33 bits per heavy atom. The summed E-state index contributed by atoms with van der Waals surface area (Å²) in [5.41, 5.74) is 3.00. The lowest BCUT2D eigenvalue weighted by molar-refractivity contribution is -0.149. The summed E-state index contributed by atoms with van der Waals surface area (Å²) in [4.78, 5) is 24.3. The van der Waals surface area contributed by atoms with Crippen LogP contribution in [0.1, 0.15) is 5.56 Å². The number of nitrogens with zero attached hydrogens (tertiary/aromatic N) is 2. The van der Waals surface area contributed by atoms with Gasteiger partial charge in [0.25, 0.3) is 0 Å². The minimum absolute atomic E-state index is 0.0539. The van der Waals surface area contributed by atoms with Gasteiger partial charge < -0.3 is 14.6 Å². The molecule has 0 spiro atoms. The number of hydrogen-bond acceptors (Lipinski definition) is 7. The quantitative estimate of drug-likeness (QED) is 0.561. The molecule has 1 aliphatic heterocycles. The topological polar surface area (TPSA) is 125 Å². The van der Waals surface area contributed by atoms with E-state index >= 15 is 0 Å². The van der Waals surface area contributed by atoms with Gasteiger partial charge in [-0.15, -0.1) is 0 Å². The highest BCUT2D eigenvalue weighted by molar-refractivity contribution is 7.89. The maximum Gasteiger partial charge on any atom is 0.422 e. The molecule has 0 fully saturated rings. The Morgan fingerprint density at radius 2 is 1.73 bits per heavy atom. The molecule has 176 valence electrons. The van der Waals surface area contributed by atoms with Gasteiger partial charge in [0, 0.05) is 18.1 Å². The van der Waals surface area contributed by atoms with Crippen molar-refractivity contribution in [1.82, 2.24) is 14.7 Å². The summed E-state index contributed by atoms with van der Waals surface area (Å²) in [6, 6.07) is 12.2. The number of carbonyl (C=O) groups is 2. The number of hydrazine groups is 1. The summed E-state index contributed by atoms with van der Waals surface area (Å²) in [7, 11) is -2.79. The third kappa shape index (κ3) is 6.02. The number of amides is 1. The summed E-state index contributed by atoms with van der Waals surface area (Å²) in [5, 5.41) is 11.4. The van der Waals surface area contributed by atoms with Crippen molar-refractivity contribution >= 4 is 33.7 Å². The number of hydrogen-bond donors (Lipinski definition) is 2. The standard InChI is InChI=1S/C21H22ClN3O7S/c1-31-17-8-10-18(11-9-17)33(29,30)25-13-3-2-12-24(19(25)20(26)27)23-21(28)32-14-15-4-6-16(22)7-5-15/h2-11,19H,12-14H2,1H3,(H,23,28)(H,26,27). The van der Waals surface area contributed by atoms with E-state index in [0.29, 0.717) is 16.3 Å². The molecule has 1 amide bonds. The highest BCUT2D eigenvalue weighted by atomic mass is 35.5. The molecule has 10 nitrogen and oxygen atoms in total. The van der Waals surface area contributed by atoms with Crippen molar-refractivity contribution in [3.05, 3.63) is 71.3 Å². The van der Waals surface area contributed by atoms with Gasteiger partial charge in [0.05, 0.1) is 12.0 Å². The van der Waals surface area contributed by atoms with Crippen molar-refractivity contribution < 1.29 is 32.6 Å². The van der Waals surface area contributed by atoms with E-state index in [1.807, 2.05) is 0 Å². The molecule has 1 heterocycles. The fourth-order valence-corrected chi connectivity index (χ4v) is 4.70. The molecular formula is C21H22ClN3O7S. The monoisotopic (exact) mass is 495 g/mol. The zero-order chi connectivity index (χ0) is 24.0. The molecule has 3 rings (SSSR count). The van der Waals surface area contributed by atoms with Gasteiger partial charge in [-0.3, -0.25) is 5.43 Å². The van der Waals surface area contributed by atoms with Crippen LogP contribution in [-0.2, 0) is 26.2 Å². The normalized spacial score (nSPS) is 17.2. The molecule has 0 radical (unpaired) electrons. The number of sulfonamides is 1. The van der Waals surface area contributed by atoms with E-state index in [1.165, 1.54) is 37.5 Å². The van der Waals surface area contributed by atoms with Crippen LogP contribution in [0.25, 0.3) is 0 Å². The van der Waals surface area contributed by atoms with E-state index in [1.54, 1.807) is 30.3 Å². The van der Waals surface area contributed by atoms with Gasteiger partial charge in [0.15, 0.2) is 6.17 Å². The molecule has 1 unspecified atom stereocenters. The highest BCUT2D eigenvalue weighted by Gasteiger charge is 2.41. The zero-order valence-electron chi connectivity index (χ0n) is 17.5.